The van der Waals surface area contributed by atoms with Crippen LogP contribution in [0.5, 0.6) is 5.75 Å². The predicted octanol–water partition coefficient (Wildman–Crippen LogP) is 3.35. The molecule has 1 aromatic carbocycles. The minimum atomic E-state index is -4.33. The van der Waals surface area contributed by atoms with Crippen molar-refractivity contribution in [2.45, 2.75) is 25.1 Å². The van der Waals surface area contributed by atoms with E-state index < -0.39 is 24.9 Å². The topological polar surface area (TPSA) is 73.9 Å². The fourth-order valence-electron chi connectivity index (χ4n) is 3.39. The summed E-state index contributed by atoms with van der Waals surface area (Å²) in [5.74, 6) is 0.0371. The number of nitrogens with one attached hydrogen (secondary N) is 2. The lowest BCUT2D eigenvalue weighted by molar-refractivity contribution is -0.154. The van der Waals surface area contributed by atoms with Crippen LogP contribution < -0.4 is 15.4 Å². The van der Waals surface area contributed by atoms with Gasteiger partial charge in [0.05, 0.1) is 26.1 Å². The van der Waals surface area contributed by atoms with Crippen LogP contribution in [0, 0.1) is 0 Å². The number of alkyl halides is 3. The minimum absolute atomic E-state index is 0.253. The van der Waals surface area contributed by atoms with E-state index >= 15 is 0 Å². The van der Waals surface area contributed by atoms with Crippen LogP contribution >= 0.6 is 0 Å². The minimum Gasteiger partial charge on any atom is -0.487 e. The largest absolute Gasteiger partial charge is 0.487 e. The number of carbonyl (C=O) groups is 2. The van der Waals surface area contributed by atoms with Crippen LogP contribution in [-0.2, 0) is 4.79 Å². The number of anilines is 1. The van der Waals surface area contributed by atoms with Crippen LogP contribution in [0.2, 0.25) is 0 Å². The Morgan fingerprint density at radius 2 is 1.94 bits per heavy atom. The number of allylic oxidation sites excluding steroid dienone is 1. The van der Waals surface area contributed by atoms with Crippen molar-refractivity contribution in [3.05, 3.63) is 60.1 Å². The smallest absolute Gasteiger partial charge is 0.389 e. The van der Waals surface area contributed by atoms with Crippen LogP contribution in [0.1, 0.15) is 12.8 Å². The molecule has 164 valence electrons. The van der Waals surface area contributed by atoms with Crippen molar-refractivity contribution in [3.63, 3.8) is 0 Å². The van der Waals surface area contributed by atoms with Gasteiger partial charge in [0.15, 0.2) is 0 Å². The van der Waals surface area contributed by atoms with Gasteiger partial charge in [-0.25, -0.2) is 4.79 Å². The Labute approximate surface area is 176 Å². The number of amides is 3. The van der Waals surface area contributed by atoms with E-state index in [9.17, 15) is 22.8 Å². The monoisotopic (exact) mass is 434 g/mol. The predicted molar refractivity (Wildman–Crippen MR) is 107 cm³/mol. The summed E-state index contributed by atoms with van der Waals surface area (Å²) in [6.45, 7) is 1.01. The Morgan fingerprint density at radius 3 is 2.61 bits per heavy atom. The summed E-state index contributed by atoms with van der Waals surface area (Å²) in [7, 11) is 0. The van der Waals surface area contributed by atoms with Gasteiger partial charge in [-0.05, 0) is 41.5 Å². The van der Waals surface area contributed by atoms with E-state index in [2.05, 4.69) is 10.6 Å². The molecule has 10 heteroatoms. The van der Waals surface area contributed by atoms with Crippen molar-refractivity contribution >= 4 is 17.6 Å². The highest BCUT2D eigenvalue weighted by Gasteiger charge is 2.35. The summed E-state index contributed by atoms with van der Waals surface area (Å²) >= 11 is 0. The molecule has 3 aliphatic rings. The number of dihydropyridines is 1. The summed E-state index contributed by atoms with van der Waals surface area (Å²) in [6, 6.07) is 6.55. The normalized spacial score (nSPS) is 17.9. The molecule has 0 bridgehead atoms. The fraction of sp³-hybridized carbons (Fsp3) is 0.333. The highest BCUT2D eigenvalue weighted by Crippen LogP contribution is 2.26. The average Bonchev–Trinajstić information content (AvgIpc) is 3.14. The van der Waals surface area contributed by atoms with E-state index in [-0.39, 0.29) is 25.2 Å². The third-order valence-electron chi connectivity index (χ3n) is 5.12. The Morgan fingerprint density at radius 1 is 1.19 bits per heavy atom. The number of hydrogen-bond acceptors (Lipinski definition) is 4. The molecule has 0 radical (unpaired) electrons. The standard InChI is InChI=1S/C21H21F3N4O3/c22-21(23,24)7-5-19(29)27-12-18(13-27)31-17-3-1-16(2-4-17)26-20(30)28-10-14-6-8-25-9-15(14)11-28/h1-4,6,8-10,18,25H,5,7,11-13H2,(H,26,30). The molecule has 3 aliphatic heterocycles. The number of ether oxygens (including phenoxy) is 1. The maximum atomic E-state index is 12.5. The maximum absolute atomic E-state index is 12.5. The summed E-state index contributed by atoms with van der Waals surface area (Å²) in [5, 5.41) is 5.82. The molecule has 1 aromatic rings. The van der Waals surface area contributed by atoms with Gasteiger partial charge in [0, 0.05) is 30.7 Å². The van der Waals surface area contributed by atoms with Gasteiger partial charge in [0.25, 0.3) is 0 Å². The number of hydrogen-bond donors (Lipinski definition) is 2. The molecule has 7 nitrogen and oxygen atoms in total. The van der Waals surface area contributed by atoms with Gasteiger partial charge in [-0.2, -0.15) is 13.2 Å². The zero-order valence-electron chi connectivity index (χ0n) is 16.5. The third kappa shape index (κ3) is 5.19. The average molecular weight is 434 g/mol. The summed E-state index contributed by atoms with van der Waals surface area (Å²) in [6.07, 6.45) is 1.11. The van der Waals surface area contributed by atoms with E-state index in [0.29, 0.717) is 18.0 Å². The second kappa shape index (κ2) is 8.37. The van der Waals surface area contributed by atoms with Gasteiger partial charge in [0.1, 0.15) is 11.9 Å². The molecule has 0 aromatic heterocycles. The SMILES string of the molecule is O=C(Nc1ccc(OC2CN(C(=O)CCC(F)(F)F)C2)cc1)N1C=C2C=CNC=C2C1. The number of carbonyl (C=O) groups excluding carboxylic acids is 2. The van der Waals surface area contributed by atoms with Gasteiger partial charge in [-0.3, -0.25) is 9.69 Å². The van der Waals surface area contributed by atoms with E-state index in [4.69, 9.17) is 4.74 Å². The summed E-state index contributed by atoms with van der Waals surface area (Å²) in [4.78, 5) is 27.1. The van der Waals surface area contributed by atoms with Crippen molar-refractivity contribution in [1.82, 2.24) is 15.1 Å². The number of rotatable bonds is 5. The van der Waals surface area contributed by atoms with Gasteiger partial charge in [0.2, 0.25) is 5.91 Å². The van der Waals surface area contributed by atoms with Gasteiger partial charge in [-0.1, -0.05) is 0 Å². The molecule has 0 atom stereocenters. The highest BCUT2D eigenvalue weighted by atomic mass is 19.4. The maximum Gasteiger partial charge on any atom is 0.389 e. The van der Waals surface area contributed by atoms with Crippen LogP contribution in [0.3, 0.4) is 0 Å². The molecule has 3 amide bonds. The van der Waals surface area contributed by atoms with E-state index in [1.54, 1.807) is 41.6 Å². The number of nitrogens with zero attached hydrogens (tertiary/aromatic N) is 2. The molecule has 2 N–H and O–H groups in total. The van der Waals surface area contributed by atoms with Crippen molar-refractivity contribution in [3.8, 4) is 5.75 Å². The lowest BCUT2D eigenvalue weighted by Crippen LogP contribution is -2.56. The Hall–Kier alpha value is -3.43. The van der Waals surface area contributed by atoms with E-state index in [1.807, 2.05) is 12.3 Å². The second-order valence-electron chi connectivity index (χ2n) is 7.49. The lowest BCUT2D eigenvalue weighted by atomic mass is 10.1. The zero-order chi connectivity index (χ0) is 22.0. The number of urea groups is 1. The van der Waals surface area contributed by atoms with Crippen molar-refractivity contribution in [2.24, 2.45) is 0 Å². The van der Waals surface area contributed by atoms with Crippen LogP contribution in [0.25, 0.3) is 0 Å². The van der Waals surface area contributed by atoms with Gasteiger partial charge in [-0.15, -0.1) is 0 Å². The molecule has 0 unspecified atom stereocenters. The van der Waals surface area contributed by atoms with Gasteiger partial charge < -0.3 is 20.3 Å². The van der Waals surface area contributed by atoms with E-state index in [1.165, 1.54) is 4.90 Å². The molecule has 0 saturated carbocycles. The van der Waals surface area contributed by atoms with Crippen LogP contribution in [-0.4, -0.2) is 53.7 Å². The molecular formula is C21H21F3N4O3. The molecule has 3 heterocycles. The van der Waals surface area contributed by atoms with Crippen molar-refractivity contribution < 1.29 is 27.5 Å². The number of fused-ring (bicyclic) bond motifs is 1. The van der Waals surface area contributed by atoms with E-state index in [0.717, 1.165) is 11.1 Å². The van der Waals surface area contributed by atoms with Crippen molar-refractivity contribution in [2.75, 3.05) is 25.0 Å². The van der Waals surface area contributed by atoms with Crippen LogP contribution in [0.15, 0.2) is 60.1 Å². The molecule has 1 fully saturated rings. The highest BCUT2D eigenvalue weighted by molar-refractivity contribution is 5.91. The number of halogens is 3. The first-order valence-electron chi connectivity index (χ1n) is 9.79. The number of likely N-dealkylation sites (tertiary alicyclic amines) is 1. The quantitative estimate of drug-likeness (QED) is 0.746. The fourth-order valence-corrected chi connectivity index (χ4v) is 3.39. The first-order chi connectivity index (χ1) is 14.8. The Bertz CT molecular complexity index is 948. The lowest BCUT2D eigenvalue weighted by Gasteiger charge is -2.39. The first-order valence-corrected chi connectivity index (χ1v) is 9.79. The molecule has 0 spiro atoms. The first kappa shape index (κ1) is 20.8. The molecule has 31 heavy (non-hydrogen) atoms. The molecule has 1 saturated heterocycles. The zero-order valence-corrected chi connectivity index (χ0v) is 16.5. The Balaban J connectivity index is 1.22. The Kier molecular flexibility index (Phi) is 5.62. The molecule has 4 rings (SSSR count). The molecule has 0 aliphatic carbocycles. The second-order valence-corrected chi connectivity index (χ2v) is 7.49. The van der Waals surface area contributed by atoms with Crippen LogP contribution in [0.4, 0.5) is 23.7 Å². The number of benzene rings is 1. The third-order valence-corrected chi connectivity index (χ3v) is 5.12. The van der Waals surface area contributed by atoms with Crippen molar-refractivity contribution in [1.29, 1.82) is 0 Å². The van der Waals surface area contributed by atoms with Gasteiger partial charge >= 0.3 is 12.2 Å². The summed E-state index contributed by atoms with van der Waals surface area (Å²) < 4.78 is 42.3. The molecular weight excluding hydrogens is 413 g/mol. The summed E-state index contributed by atoms with van der Waals surface area (Å²) in [5.41, 5.74) is 2.63.